The average molecular weight is 422 g/mol. The Morgan fingerprint density at radius 3 is 2.23 bits per heavy atom. The van der Waals surface area contributed by atoms with Gasteiger partial charge in [0.15, 0.2) is 0 Å². The van der Waals surface area contributed by atoms with E-state index >= 15 is 0 Å². The van der Waals surface area contributed by atoms with Gasteiger partial charge in [0.25, 0.3) is 0 Å². The molecule has 31 heavy (non-hydrogen) atoms. The van der Waals surface area contributed by atoms with Gasteiger partial charge >= 0.3 is 12.1 Å². The highest BCUT2D eigenvalue weighted by Crippen LogP contribution is 2.44. The molecule has 0 spiro atoms. The van der Waals surface area contributed by atoms with Crippen molar-refractivity contribution in [1.29, 1.82) is 0 Å². The standard InChI is InChI=1S/C24H26N2O5/c1-14(22(27)26-12-11-16(15(26)2)23(28)29)25-24(30)31-13-21-19-9-5-3-7-17(19)18-8-4-6-10-20(18)21/h3-10,14-16,21H,11-13H2,1-2H3,(H,25,30)(H,28,29). The number of likely N-dealkylation sites (tertiary alicyclic amines) is 1. The molecule has 0 radical (unpaired) electrons. The topological polar surface area (TPSA) is 95.9 Å². The Morgan fingerprint density at radius 1 is 1.10 bits per heavy atom. The van der Waals surface area contributed by atoms with E-state index in [0.29, 0.717) is 13.0 Å². The summed E-state index contributed by atoms with van der Waals surface area (Å²) < 4.78 is 5.49. The predicted molar refractivity (Wildman–Crippen MR) is 115 cm³/mol. The lowest BCUT2D eigenvalue weighted by molar-refractivity contribution is -0.143. The number of amides is 2. The number of hydrogen-bond donors (Lipinski definition) is 2. The van der Waals surface area contributed by atoms with Crippen LogP contribution in [-0.2, 0) is 14.3 Å². The summed E-state index contributed by atoms with van der Waals surface area (Å²) in [7, 11) is 0. The minimum Gasteiger partial charge on any atom is -0.481 e. The second kappa shape index (κ2) is 8.41. The quantitative estimate of drug-likeness (QED) is 0.771. The van der Waals surface area contributed by atoms with Crippen molar-refractivity contribution in [2.75, 3.05) is 13.2 Å². The first-order valence-corrected chi connectivity index (χ1v) is 10.5. The Bertz CT molecular complexity index is 975. The highest BCUT2D eigenvalue weighted by Gasteiger charge is 2.39. The number of rotatable bonds is 5. The first-order valence-electron chi connectivity index (χ1n) is 10.5. The van der Waals surface area contributed by atoms with Crippen LogP contribution in [0.3, 0.4) is 0 Å². The van der Waals surface area contributed by atoms with Crippen LogP contribution in [-0.4, -0.2) is 53.2 Å². The van der Waals surface area contributed by atoms with Gasteiger partial charge in [-0.2, -0.15) is 0 Å². The van der Waals surface area contributed by atoms with E-state index < -0.39 is 30.1 Å². The number of nitrogens with one attached hydrogen (secondary N) is 1. The van der Waals surface area contributed by atoms with Crippen LogP contribution < -0.4 is 5.32 Å². The number of alkyl carbamates (subject to hydrolysis) is 1. The molecule has 7 heteroatoms. The number of carbonyl (C=O) groups is 3. The maximum absolute atomic E-state index is 12.7. The van der Waals surface area contributed by atoms with Crippen LogP contribution in [0, 0.1) is 5.92 Å². The van der Waals surface area contributed by atoms with E-state index in [1.54, 1.807) is 13.8 Å². The van der Waals surface area contributed by atoms with Crippen molar-refractivity contribution in [3.63, 3.8) is 0 Å². The summed E-state index contributed by atoms with van der Waals surface area (Å²) in [5.74, 6) is -1.84. The molecule has 1 aliphatic carbocycles. The van der Waals surface area contributed by atoms with Gasteiger partial charge in [-0.25, -0.2) is 4.79 Å². The fourth-order valence-electron chi connectivity index (χ4n) is 4.71. The first-order chi connectivity index (χ1) is 14.9. The van der Waals surface area contributed by atoms with Crippen LogP contribution in [0.15, 0.2) is 48.5 Å². The minimum atomic E-state index is -0.903. The third kappa shape index (κ3) is 3.87. The molecule has 0 aromatic heterocycles. The van der Waals surface area contributed by atoms with E-state index in [2.05, 4.69) is 17.4 Å². The highest BCUT2D eigenvalue weighted by molar-refractivity contribution is 5.87. The number of benzene rings is 2. The molecular formula is C24H26N2O5. The molecule has 3 atom stereocenters. The lowest BCUT2D eigenvalue weighted by Crippen LogP contribution is -2.49. The Balaban J connectivity index is 1.37. The second-order valence-corrected chi connectivity index (χ2v) is 8.20. The fraction of sp³-hybridized carbons (Fsp3) is 0.375. The molecule has 4 rings (SSSR count). The van der Waals surface area contributed by atoms with Gasteiger partial charge in [-0.15, -0.1) is 0 Å². The van der Waals surface area contributed by atoms with E-state index in [1.807, 2.05) is 36.4 Å². The van der Waals surface area contributed by atoms with Gasteiger partial charge in [0.2, 0.25) is 5.91 Å². The Morgan fingerprint density at radius 2 is 1.68 bits per heavy atom. The molecule has 2 amide bonds. The average Bonchev–Trinajstić information content (AvgIpc) is 3.30. The molecule has 162 valence electrons. The van der Waals surface area contributed by atoms with Gasteiger partial charge < -0.3 is 20.1 Å². The zero-order chi connectivity index (χ0) is 22.1. The number of hydrogen-bond acceptors (Lipinski definition) is 4. The summed E-state index contributed by atoms with van der Waals surface area (Å²) in [6, 6.07) is 14.9. The SMILES string of the molecule is CC(NC(=O)OCC1c2ccccc2-c2ccccc21)C(=O)N1CCC(C(=O)O)C1C. The number of carbonyl (C=O) groups excluding carboxylic acids is 2. The number of carboxylic acid groups (broad SMARTS) is 1. The molecule has 2 aliphatic rings. The van der Waals surface area contributed by atoms with Gasteiger partial charge in [-0.3, -0.25) is 9.59 Å². The maximum Gasteiger partial charge on any atom is 0.407 e. The number of carboxylic acids is 1. The number of fused-ring (bicyclic) bond motifs is 3. The molecule has 1 saturated heterocycles. The van der Waals surface area contributed by atoms with E-state index in [-0.39, 0.29) is 18.4 Å². The molecule has 3 unspecified atom stereocenters. The minimum absolute atomic E-state index is 0.0564. The number of nitrogens with zero attached hydrogens (tertiary/aromatic N) is 1. The van der Waals surface area contributed by atoms with Crippen molar-refractivity contribution in [2.45, 2.75) is 38.3 Å². The van der Waals surface area contributed by atoms with Crippen LogP contribution in [0.4, 0.5) is 4.79 Å². The van der Waals surface area contributed by atoms with E-state index in [1.165, 1.54) is 4.90 Å². The lowest BCUT2D eigenvalue weighted by Gasteiger charge is -2.26. The summed E-state index contributed by atoms with van der Waals surface area (Å²) in [6.07, 6.45) is -0.246. The molecule has 7 nitrogen and oxygen atoms in total. The molecule has 2 aromatic carbocycles. The van der Waals surface area contributed by atoms with Crippen LogP contribution >= 0.6 is 0 Å². The summed E-state index contributed by atoms with van der Waals surface area (Å²) in [5, 5.41) is 11.8. The van der Waals surface area contributed by atoms with Gasteiger partial charge in [-0.1, -0.05) is 48.5 Å². The Hall–Kier alpha value is -3.35. The zero-order valence-electron chi connectivity index (χ0n) is 17.6. The van der Waals surface area contributed by atoms with E-state index in [9.17, 15) is 19.5 Å². The highest BCUT2D eigenvalue weighted by atomic mass is 16.5. The molecule has 1 heterocycles. The second-order valence-electron chi connectivity index (χ2n) is 8.20. The normalized spacial score (nSPS) is 20.6. The van der Waals surface area contributed by atoms with Crippen molar-refractivity contribution in [1.82, 2.24) is 10.2 Å². The van der Waals surface area contributed by atoms with Crippen LogP contribution in [0.25, 0.3) is 11.1 Å². The molecule has 0 bridgehead atoms. The Labute approximate surface area is 181 Å². The van der Waals surface area contributed by atoms with E-state index in [4.69, 9.17) is 4.74 Å². The molecule has 1 aliphatic heterocycles. The molecule has 0 saturated carbocycles. The molecule has 2 N–H and O–H groups in total. The van der Waals surface area contributed by atoms with Crippen LogP contribution in [0.5, 0.6) is 0 Å². The monoisotopic (exact) mass is 422 g/mol. The van der Waals surface area contributed by atoms with Gasteiger partial charge in [0.1, 0.15) is 12.6 Å². The smallest absolute Gasteiger partial charge is 0.407 e. The predicted octanol–water partition coefficient (Wildman–Crippen LogP) is 3.24. The third-order valence-corrected chi connectivity index (χ3v) is 6.40. The van der Waals surface area contributed by atoms with Gasteiger partial charge in [0, 0.05) is 18.5 Å². The van der Waals surface area contributed by atoms with Crippen molar-refractivity contribution >= 4 is 18.0 Å². The number of aliphatic carboxylic acids is 1. The van der Waals surface area contributed by atoms with Gasteiger partial charge in [0.05, 0.1) is 5.92 Å². The van der Waals surface area contributed by atoms with Crippen molar-refractivity contribution in [3.8, 4) is 11.1 Å². The van der Waals surface area contributed by atoms with Crippen LogP contribution in [0.2, 0.25) is 0 Å². The van der Waals surface area contributed by atoms with Gasteiger partial charge in [-0.05, 0) is 42.5 Å². The third-order valence-electron chi connectivity index (χ3n) is 6.40. The fourth-order valence-corrected chi connectivity index (χ4v) is 4.71. The lowest BCUT2D eigenvalue weighted by atomic mass is 9.98. The number of ether oxygens (including phenoxy) is 1. The maximum atomic E-state index is 12.7. The summed E-state index contributed by atoms with van der Waals surface area (Å²) in [4.78, 5) is 37.9. The van der Waals surface area contributed by atoms with Crippen molar-refractivity contribution < 1.29 is 24.2 Å². The molecule has 1 fully saturated rings. The summed E-state index contributed by atoms with van der Waals surface area (Å²) in [5.41, 5.74) is 4.52. The van der Waals surface area contributed by atoms with E-state index in [0.717, 1.165) is 22.3 Å². The summed E-state index contributed by atoms with van der Waals surface area (Å²) in [6.45, 7) is 3.85. The Kier molecular flexibility index (Phi) is 5.67. The largest absolute Gasteiger partial charge is 0.481 e. The summed E-state index contributed by atoms with van der Waals surface area (Å²) >= 11 is 0. The zero-order valence-corrected chi connectivity index (χ0v) is 17.6. The van der Waals surface area contributed by atoms with Crippen LogP contribution in [0.1, 0.15) is 37.3 Å². The van der Waals surface area contributed by atoms with Crippen molar-refractivity contribution in [2.24, 2.45) is 5.92 Å². The van der Waals surface area contributed by atoms with Crippen molar-refractivity contribution in [3.05, 3.63) is 59.7 Å². The first kappa shape index (κ1) is 20.9. The molecular weight excluding hydrogens is 396 g/mol. The molecule has 2 aromatic rings.